The first-order valence-corrected chi connectivity index (χ1v) is 9.66. The van der Waals surface area contributed by atoms with E-state index in [0.717, 1.165) is 16.3 Å². The average Bonchev–Trinajstić information content (AvgIpc) is 2.92. The number of fused-ring (bicyclic) bond motifs is 3. The summed E-state index contributed by atoms with van der Waals surface area (Å²) in [6.45, 7) is 8.64. The Morgan fingerprint density at radius 1 is 1.44 bits per heavy atom. The number of carbonyl (C=O) groups excluding carboxylic acids is 1. The van der Waals surface area contributed by atoms with Gasteiger partial charge < -0.3 is 15.3 Å². The molecule has 9 heteroatoms. The molecule has 2 aromatic rings. The van der Waals surface area contributed by atoms with Crippen LogP contribution in [0.25, 0.3) is 4.85 Å². The van der Waals surface area contributed by atoms with Crippen LogP contribution in [0, 0.1) is 12.4 Å². The van der Waals surface area contributed by atoms with Gasteiger partial charge in [0.2, 0.25) is 5.69 Å². The molecule has 2 aliphatic rings. The maximum Gasteiger partial charge on any atom is 0.322 e. The van der Waals surface area contributed by atoms with Crippen LogP contribution in [0.15, 0.2) is 23.2 Å². The molecule has 2 amide bonds. The van der Waals surface area contributed by atoms with Crippen molar-refractivity contribution >= 4 is 29.2 Å². The number of thioether (sulfide) groups is 1. The van der Waals surface area contributed by atoms with Gasteiger partial charge in [-0.1, -0.05) is 0 Å². The molecule has 0 aliphatic carbocycles. The molecular weight excluding hydrogens is 369 g/mol. The van der Waals surface area contributed by atoms with Gasteiger partial charge in [-0.2, -0.15) is 5.10 Å². The Morgan fingerprint density at radius 3 is 3.11 bits per heavy atom. The van der Waals surface area contributed by atoms with Crippen molar-refractivity contribution in [2.45, 2.75) is 37.1 Å². The highest BCUT2D eigenvalue weighted by molar-refractivity contribution is 7.99. The SMILES string of the molecule is [C-]#[N+]c1cc(NC(=O)N2CCc3nn4c(c3C2)SCC(O)CC4)ccc1F. The van der Waals surface area contributed by atoms with Crippen molar-refractivity contribution in [3.05, 3.63) is 46.7 Å². The van der Waals surface area contributed by atoms with Gasteiger partial charge in [0.25, 0.3) is 0 Å². The van der Waals surface area contributed by atoms with Crippen molar-refractivity contribution in [2.24, 2.45) is 0 Å². The highest BCUT2D eigenvalue weighted by Gasteiger charge is 2.29. The van der Waals surface area contributed by atoms with Crippen molar-refractivity contribution in [2.75, 3.05) is 17.6 Å². The predicted octanol–water partition coefficient (Wildman–Crippen LogP) is 3.02. The molecule has 4 rings (SSSR count). The fraction of sp³-hybridized carbons (Fsp3) is 0.389. The number of hydrogen-bond donors (Lipinski definition) is 2. The van der Waals surface area contributed by atoms with Crippen LogP contribution in [0.2, 0.25) is 0 Å². The fourth-order valence-corrected chi connectivity index (χ4v) is 4.45. The van der Waals surface area contributed by atoms with E-state index >= 15 is 0 Å². The Hall–Kier alpha value is -2.57. The number of anilines is 1. The fourth-order valence-electron chi connectivity index (χ4n) is 3.30. The zero-order valence-electron chi connectivity index (χ0n) is 14.5. The van der Waals surface area contributed by atoms with Gasteiger partial charge in [0.15, 0.2) is 0 Å². The zero-order chi connectivity index (χ0) is 19.0. The predicted molar refractivity (Wildman–Crippen MR) is 99.4 cm³/mol. The molecule has 0 bridgehead atoms. The van der Waals surface area contributed by atoms with Gasteiger partial charge in [-0.15, -0.1) is 11.8 Å². The normalized spacial score (nSPS) is 18.9. The van der Waals surface area contributed by atoms with Gasteiger partial charge in [0.1, 0.15) is 5.82 Å². The van der Waals surface area contributed by atoms with Crippen molar-refractivity contribution in [3.8, 4) is 0 Å². The molecule has 0 spiro atoms. The van der Waals surface area contributed by atoms with E-state index in [1.54, 1.807) is 16.7 Å². The molecule has 2 aliphatic heterocycles. The van der Waals surface area contributed by atoms with Crippen LogP contribution in [0.1, 0.15) is 17.7 Å². The molecule has 7 nitrogen and oxygen atoms in total. The van der Waals surface area contributed by atoms with Crippen molar-refractivity contribution in [3.63, 3.8) is 0 Å². The van der Waals surface area contributed by atoms with Crippen LogP contribution < -0.4 is 5.32 Å². The van der Waals surface area contributed by atoms with E-state index < -0.39 is 5.82 Å². The van der Waals surface area contributed by atoms with E-state index in [9.17, 15) is 14.3 Å². The van der Waals surface area contributed by atoms with E-state index in [1.165, 1.54) is 18.2 Å². The zero-order valence-corrected chi connectivity index (χ0v) is 15.3. The molecule has 0 saturated heterocycles. The van der Waals surface area contributed by atoms with E-state index in [-0.39, 0.29) is 17.8 Å². The first-order valence-electron chi connectivity index (χ1n) is 8.67. The number of urea groups is 1. The number of aryl methyl sites for hydroxylation is 1. The van der Waals surface area contributed by atoms with Crippen LogP contribution in [0.3, 0.4) is 0 Å². The lowest BCUT2D eigenvalue weighted by atomic mass is 10.1. The minimum absolute atomic E-state index is 0.120. The lowest BCUT2D eigenvalue weighted by molar-refractivity contribution is 0.182. The Bertz CT molecular complexity index is 939. The van der Waals surface area contributed by atoms with Crippen molar-refractivity contribution in [1.82, 2.24) is 14.7 Å². The second kappa shape index (κ2) is 7.21. The maximum absolute atomic E-state index is 13.4. The number of rotatable bonds is 1. The van der Waals surface area contributed by atoms with Gasteiger partial charge in [-0.25, -0.2) is 14.0 Å². The summed E-state index contributed by atoms with van der Waals surface area (Å²) in [4.78, 5) is 17.4. The van der Waals surface area contributed by atoms with Crippen LogP contribution >= 0.6 is 11.8 Å². The molecule has 0 fully saturated rings. The molecule has 1 aromatic carbocycles. The summed E-state index contributed by atoms with van der Waals surface area (Å²) in [5, 5.41) is 18.3. The highest BCUT2D eigenvalue weighted by atomic mass is 32.2. The molecule has 140 valence electrons. The second-order valence-electron chi connectivity index (χ2n) is 6.59. The third kappa shape index (κ3) is 3.50. The Kier molecular flexibility index (Phi) is 4.76. The molecule has 1 aromatic heterocycles. The lowest BCUT2D eigenvalue weighted by Crippen LogP contribution is -2.38. The standard InChI is InChI=1S/C18H18FN5O2S/c1-20-16-8-11(2-3-14(16)19)21-18(26)23-6-5-15-13(9-23)17-24(22-15)7-4-12(25)10-27-17/h2-3,8,12,25H,4-7,9-10H2,(H,21,26). The number of nitrogens with one attached hydrogen (secondary N) is 1. The maximum atomic E-state index is 13.4. The first kappa shape index (κ1) is 17.8. The van der Waals surface area contributed by atoms with Gasteiger partial charge in [-0.05, 0) is 24.6 Å². The number of aliphatic hydroxyl groups is 1. The van der Waals surface area contributed by atoms with E-state index in [2.05, 4.69) is 15.3 Å². The Morgan fingerprint density at radius 2 is 2.30 bits per heavy atom. The molecule has 0 saturated carbocycles. The lowest BCUT2D eigenvalue weighted by Gasteiger charge is -2.27. The topological polar surface area (TPSA) is 74.8 Å². The summed E-state index contributed by atoms with van der Waals surface area (Å²) in [6.07, 6.45) is 1.01. The van der Waals surface area contributed by atoms with Crippen LogP contribution in [-0.4, -0.2) is 44.2 Å². The van der Waals surface area contributed by atoms with Crippen LogP contribution in [0.5, 0.6) is 0 Å². The summed E-state index contributed by atoms with van der Waals surface area (Å²) >= 11 is 1.58. The molecule has 1 atom stereocenters. The quantitative estimate of drug-likeness (QED) is 0.738. The summed E-state index contributed by atoms with van der Waals surface area (Å²) in [6, 6.07) is 3.66. The molecule has 0 radical (unpaired) electrons. The third-order valence-corrected chi connectivity index (χ3v) is 6.02. The monoisotopic (exact) mass is 387 g/mol. The number of carbonyl (C=O) groups is 1. The van der Waals surface area contributed by atoms with E-state index in [0.29, 0.717) is 43.9 Å². The van der Waals surface area contributed by atoms with Gasteiger partial charge in [0, 0.05) is 36.5 Å². The molecule has 3 heterocycles. The Balaban J connectivity index is 1.50. The summed E-state index contributed by atoms with van der Waals surface area (Å²) in [5.41, 5.74) is 2.32. The first-order chi connectivity index (χ1) is 13.0. The summed E-state index contributed by atoms with van der Waals surface area (Å²) in [7, 11) is 0. The summed E-state index contributed by atoms with van der Waals surface area (Å²) in [5.74, 6) is 0.0201. The second-order valence-corrected chi connectivity index (χ2v) is 7.60. The van der Waals surface area contributed by atoms with Gasteiger partial charge >= 0.3 is 6.03 Å². The number of hydrogen-bond acceptors (Lipinski definition) is 4. The van der Waals surface area contributed by atoms with Gasteiger partial charge in [0.05, 0.1) is 29.9 Å². The van der Waals surface area contributed by atoms with Gasteiger partial charge in [-0.3, -0.25) is 4.68 Å². The average molecular weight is 387 g/mol. The molecule has 1 unspecified atom stereocenters. The highest BCUT2D eigenvalue weighted by Crippen LogP contribution is 2.33. The smallest absolute Gasteiger partial charge is 0.322 e. The minimum Gasteiger partial charge on any atom is -0.392 e. The number of nitrogens with zero attached hydrogens (tertiary/aromatic N) is 4. The van der Waals surface area contributed by atoms with E-state index in [4.69, 9.17) is 6.57 Å². The Labute approximate surface area is 160 Å². The summed E-state index contributed by atoms with van der Waals surface area (Å²) < 4.78 is 15.4. The largest absolute Gasteiger partial charge is 0.392 e. The van der Waals surface area contributed by atoms with Crippen LogP contribution in [-0.2, 0) is 19.5 Å². The minimum atomic E-state index is -0.604. The number of aromatic nitrogens is 2. The van der Waals surface area contributed by atoms with Crippen LogP contribution in [0.4, 0.5) is 20.6 Å². The molecular formula is C18H18FN5O2S. The number of aliphatic hydroxyl groups excluding tert-OH is 1. The van der Waals surface area contributed by atoms with Crippen molar-refractivity contribution < 1.29 is 14.3 Å². The van der Waals surface area contributed by atoms with E-state index in [1.807, 2.05) is 4.68 Å². The number of benzene rings is 1. The number of halogens is 1. The number of amides is 2. The van der Waals surface area contributed by atoms with Crippen molar-refractivity contribution in [1.29, 1.82) is 0 Å². The molecule has 2 N–H and O–H groups in total. The third-order valence-electron chi connectivity index (χ3n) is 4.74. The molecule has 27 heavy (non-hydrogen) atoms.